The molecule has 1 saturated carbocycles. The highest BCUT2D eigenvalue weighted by Crippen LogP contribution is 2.31. The van der Waals surface area contributed by atoms with E-state index >= 15 is 0 Å². The van der Waals surface area contributed by atoms with Crippen LogP contribution in [0.3, 0.4) is 0 Å². The molecule has 94 valence electrons. The predicted molar refractivity (Wildman–Crippen MR) is 69.6 cm³/mol. The molecule has 0 spiro atoms. The highest BCUT2D eigenvalue weighted by atomic mass is 15.2. The fraction of sp³-hybridized carbons (Fsp3) is 1.00. The van der Waals surface area contributed by atoms with Crippen LogP contribution < -0.4 is 5.32 Å². The van der Waals surface area contributed by atoms with Crippen molar-refractivity contribution in [3.05, 3.63) is 0 Å². The zero-order valence-corrected chi connectivity index (χ0v) is 11.2. The van der Waals surface area contributed by atoms with Crippen molar-refractivity contribution in [2.45, 2.75) is 58.5 Å². The standard InChI is InChI=1S/C14H28N2/c1-4-8-15-13-6-5-7-14(13)16-9-11(2)12(3)10-16/h11-15H,4-10H2,1-3H3. The van der Waals surface area contributed by atoms with Crippen LogP contribution in [0.2, 0.25) is 0 Å². The van der Waals surface area contributed by atoms with Gasteiger partial charge in [0.2, 0.25) is 0 Å². The summed E-state index contributed by atoms with van der Waals surface area (Å²) in [6.45, 7) is 10.9. The normalized spacial score (nSPS) is 40.7. The monoisotopic (exact) mass is 224 g/mol. The van der Waals surface area contributed by atoms with Crippen LogP contribution in [0, 0.1) is 11.8 Å². The van der Waals surface area contributed by atoms with E-state index in [4.69, 9.17) is 0 Å². The van der Waals surface area contributed by atoms with Crippen LogP contribution in [0.1, 0.15) is 46.5 Å². The molecule has 2 fully saturated rings. The van der Waals surface area contributed by atoms with E-state index in [1.54, 1.807) is 0 Å². The van der Waals surface area contributed by atoms with E-state index in [0.29, 0.717) is 0 Å². The molecule has 16 heavy (non-hydrogen) atoms. The van der Waals surface area contributed by atoms with Gasteiger partial charge in [0.1, 0.15) is 0 Å². The third-order valence-electron chi connectivity index (χ3n) is 4.62. The van der Waals surface area contributed by atoms with E-state index in [1.807, 2.05) is 0 Å². The smallest absolute Gasteiger partial charge is 0.0249 e. The minimum absolute atomic E-state index is 0.775. The third kappa shape index (κ3) is 2.60. The van der Waals surface area contributed by atoms with Gasteiger partial charge in [0, 0.05) is 25.2 Å². The molecule has 1 aliphatic heterocycles. The van der Waals surface area contributed by atoms with Crippen LogP contribution >= 0.6 is 0 Å². The molecule has 1 saturated heterocycles. The molecule has 2 heteroatoms. The molecular formula is C14H28N2. The van der Waals surface area contributed by atoms with E-state index in [9.17, 15) is 0 Å². The van der Waals surface area contributed by atoms with Gasteiger partial charge in [-0.2, -0.15) is 0 Å². The van der Waals surface area contributed by atoms with Crippen molar-refractivity contribution in [1.82, 2.24) is 10.2 Å². The Labute approximate surface area is 101 Å². The molecule has 1 heterocycles. The van der Waals surface area contributed by atoms with E-state index in [-0.39, 0.29) is 0 Å². The zero-order valence-electron chi connectivity index (χ0n) is 11.2. The molecule has 2 rings (SSSR count). The van der Waals surface area contributed by atoms with E-state index in [0.717, 1.165) is 23.9 Å². The predicted octanol–water partition coefficient (Wildman–Crippen LogP) is 2.49. The Morgan fingerprint density at radius 1 is 1.12 bits per heavy atom. The average molecular weight is 224 g/mol. The van der Waals surface area contributed by atoms with Crippen molar-refractivity contribution in [2.24, 2.45) is 11.8 Å². The van der Waals surface area contributed by atoms with E-state index < -0.39 is 0 Å². The van der Waals surface area contributed by atoms with Gasteiger partial charge in [0.15, 0.2) is 0 Å². The molecule has 0 amide bonds. The topological polar surface area (TPSA) is 15.3 Å². The SMILES string of the molecule is CCCNC1CCCC1N1CC(C)C(C)C1. The van der Waals surface area contributed by atoms with E-state index in [1.165, 1.54) is 45.3 Å². The highest BCUT2D eigenvalue weighted by molar-refractivity contribution is 4.94. The van der Waals surface area contributed by atoms with Gasteiger partial charge in [-0.15, -0.1) is 0 Å². The summed E-state index contributed by atoms with van der Waals surface area (Å²) in [5.74, 6) is 1.79. The van der Waals surface area contributed by atoms with Crippen LogP contribution in [-0.4, -0.2) is 36.6 Å². The lowest BCUT2D eigenvalue weighted by Gasteiger charge is -2.30. The van der Waals surface area contributed by atoms with Gasteiger partial charge in [0.05, 0.1) is 0 Å². The molecule has 0 aromatic carbocycles. The quantitative estimate of drug-likeness (QED) is 0.789. The number of hydrogen-bond acceptors (Lipinski definition) is 2. The maximum absolute atomic E-state index is 3.75. The zero-order chi connectivity index (χ0) is 11.5. The van der Waals surface area contributed by atoms with Gasteiger partial charge in [-0.3, -0.25) is 4.90 Å². The largest absolute Gasteiger partial charge is 0.312 e. The average Bonchev–Trinajstić information content (AvgIpc) is 2.83. The van der Waals surface area contributed by atoms with Gasteiger partial charge >= 0.3 is 0 Å². The molecule has 1 N–H and O–H groups in total. The van der Waals surface area contributed by atoms with Gasteiger partial charge < -0.3 is 5.32 Å². The summed E-state index contributed by atoms with van der Waals surface area (Å²) in [5, 5.41) is 3.75. The van der Waals surface area contributed by atoms with Crippen molar-refractivity contribution in [2.75, 3.05) is 19.6 Å². The summed E-state index contributed by atoms with van der Waals surface area (Å²) in [4.78, 5) is 2.76. The van der Waals surface area contributed by atoms with Crippen LogP contribution in [0.15, 0.2) is 0 Å². The first-order chi connectivity index (χ1) is 7.72. The van der Waals surface area contributed by atoms with Crippen LogP contribution in [-0.2, 0) is 0 Å². The van der Waals surface area contributed by atoms with Crippen molar-refractivity contribution in [3.8, 4) is 0 Å². The minimum atomic E-state index is 0.775. The summed E-state index contributed by atoms with van der Waals surface area (Å²) in [6, 6.07) is 1.61. The van der Waals surface area contributed by atoms with Gasteiger partial charge in [0.25, 0.3) is 0 Å². The number of nitrogens with zero attached hydrogens (tertiary/aromatic N) is 1. The molecule has 4 atom stereocenters. The first-order valence-corrected chi connectivity index (χ1v) is 7.19. The lowest BCUT2D eigenvalue weighted by Crippen LogP contribution is -2.46. The second-order valence-corrected chi connectivity index (χ2v) is 5.97. The summed E-state index contributed by atoms with van der Waals surface area (Å²) in [6.07, 6.45) is 5.49. The highest BCUT2D eigenvalue weighted by Gasteiger charge is 2.36. The molecule has 0 radical (unpaired) electrons. The Bertz CT molecular complexity index is 207. The maximum Gasteiger partial charge on any atom is 0.0249 e. The lowest BCUT2D eigenvalue weighted by molar-refractivity contribution is 0.202. The van der Waals surface area contributed by atoms with E-state index in [2.05, 4.69) is 31.0 Å². The second kappa shape index (κ2) is 5.50. The van der Waals surface area contributed by atoms with Gasteiger partial charge in [-0.1, -0.05) is 27.2 Å². The van der Waals surface area contributed by atoms with Gasteiger partial charge in [-0.25, -0.2) is 0 Å². The first kappa shape index (κ1) is 12.4. The number of rotatable bonds is 4. The molecule has 1 aliphatic carbocycles. The fourth-order valence-electron chi connectivity index (χ4n) is 3.39. The fourth-order valence-corrected chi connectivity index (χ4v) is 3.39. The van der Waals surface area contributed by atoms with Crippen LogP contribution in [0.25, 0.3) is 0 Å². The summed E-state index contributed by atoms with van der Waals surface area (Å²) < 4.78 is 0. The van der Waals surface area contributed by atoms with Crippen molar-refractivity contribution in [1.29, 1.82) is 0 Å². The minimum Gasteiger partial charge on any atom is -0.312 e. The molecule has 4 unspecified atom stereocenters. The molecule has 2 aliphatic rings. The Morgan fingerprint density at radius 2 is 1.81 bits per heavy atom. The molecule has 2 nitrogen and oxygen atoms in total. The van der Waals surface area contributed by atoms with Crippen LogP contribution in [0.4, 0.5) is 0 Å². The van der Waals surface area contributed by atoms with Crippen molar-refractivity contribution >= 4 is 0 Å². The Balaban J connectivity index is 1.88. The third-order valence-corrected chi connectivity index (χ3v) is 4.62. The second-order valence-electron chi connectivity index (χ2n) is 5.97. The Hall–Kier alpha value is -0.0800. The van der Waals surface area contributed by atoms with Crippen LogP contribution in [0.5, 0.6) is 0 Å². The maximum atomic E-state index is 3.75. The van der Waals surface area contributed by atoms with Gasteiger partial charge in [-0.05, 0) is 37.6 Å². The number of nitrogens with one attached hydrogen (secondary N) is 1. The number of likely N-dealkylation sites (tertiary alicyclic amines) is 1. The van der Waals surface area contributed by atoms with Crippen molar-refractivity contribution in [3.63, 3.8) is 0 Å². The molecule has 0 aromatic heterocycles. The Kier molecular flexibility index (Phi) is 4.26. The Morgan fingerprint density at radius 3 is 2.44 bits per heavy atom. The first-order valence-electron chi connectivity index (χ1n) is 7.19. The molecule has 0 aromatic rings. The van der Waals surface area contributed by atoms with Crippen molar-refractivity contribution < 1.29 is 0 Å². The molecular weight excluding hydrogens is 196 g/mol. The number of hydrogen-bond donors (Lipinski definition) is 1. The summed E-state index contributed by atoms with van der Waals surface area (Å²) in [5.41, 5.74) is 0. The summed E-state index contributed by atoms with van der Waals surface area (Å²) >= 11 is 0. The summed E-state index contributed by atoms with van der Waals surface area (Å²) in [7, 11) is 0. The molecule has 0 bridgehead atoms. The lowest BCUT2D eigenvalue weighted by atomic mass is 10.0.